The highest BCUT2D eigenvalue weighted by Crippen LogP contribution is 2.19. The molecule has 2 aromatic rings. The lowest BCUT2D eigenvalue weighted by molar-refractivity contribution is 0.303. The summed E-state index contributed by atoms with van der Waals surface area (Å²) in [6.45, 7) is 1.88. The topological polar surface area (TPSA) is 9.23 Å². The predicted molar refractivity (Wildman–Crippen MR) is 69.6 cm³/mol. The average Bonchev–Trinajstić information content (AvgIpc) is 2.29. The van der Waals surface area contributed by atoms with Crippen molar-refractivity contribution >= 4 is 15.9 Å². The maximum absolute atomic E-state index is 13.3. The Morgan fingerprint density at radius 1 is 1.11 bits per heavy atom. The molecule has 0 aliphatic rings. The van der Waals surface area contributed by atoms with E-state index in [0.717, 1.165) is 0 Å². The van der Waals surface area contributed by atoms with E-state index in [4.69, 9.17) is 4.74 Å². The molecule has 0 aromatic heterocycles. The fourth-order valence-corrected chi connectivity index (χ4v) is 2.04. The summed E-state index contributed by atoms with van der Waals surface area (Å²) in [7, 11) is 0. The van der Waals surface area contributed by atoms with E-state index in [-0.39, 0.29) is 18.2 Å². The molecule has 0 heterocycles. The standard InChI is InChI=1S/C14H11BrF2O/c1-9-2-3-13(7-14(9)17)18-8-10-4-11(15)6-12(16)5-10/h2-7H,8H2,1H3. The summed E-state index contributed by atoms with van der Waals surface area (Å²) in [5.41, 5.74) is 1.25. The third-order valence-electron chi connectivity index (χ3n) is 2.47. The van der Waals surface area contributed by atoms with Crippen molar-refractivity contribution in [1.29, 1.82) is 0 Å². The minimum Gasteiger partial charge on any atom is -0.489 e. The first kappa shape index (κ1) is 13.0. The SMILES string of the molecule is Cc1ccc(OCc2cc(F)cc(Br)c2)cc1F. The van der Waals surface area contributed by atoms with Crippen molar-refractivity contribution in [3.63, 3.8) is 0 Å². The molecule has 0 spiro atoms. The van der Waals surface area contributed by atoms with E-state index >= 15 is 0 Å². The maximum Gasteiger partial charge on any atom is 0.129 e. The van der Waals surface area contributed by atoms with Crippen LogP contribution in [0.15, 0.2) is 40.9 Å². The van der Waals surface area contributed by atoms with Crippen LogP contribution in [0.5, 0.6) is 5.75 Å². The molecule has 0 saturated heterocycles. The summed E-state index contributed by atoms with van der Waals surface area (Å²) in [6, 6.07) is 9.17. The largest absolute Gasteiger partial charge is 0.489 e. The predicted octanol–water partition coefficient (Wildman–Crippen LogP) is 4.61. The van der Waals surface area contributed by atoms with Gasteiger partial charge < -0.3 is 4.74 Å². The molecule has 0 bridgehead atoms. The van der Waals surface area contributed by atoms with Gasteiger partial charge in [0.2, 0.25) is 0 Å². The van der Waals surface area contributed by atoms with Crippen molar-refractivity contribution in [2.45, 2.75) is 13.5 Å². The Kier molecular flexibility index (Phi) is 3.97. The summed E-state index contributed by atoms with van der Waals surface area (Å²) in [6.07, 6.45) is 0. The molecular weight excluding hydrogens is 302 g/mol. The number of rotatable bonds is 3. The molecule has 0 N–H and O–H groups in total. The van der Waals surface area contributed by atoms with Crippen LogP contribution in [0.2, 0.25) is 0 Å². The molecule has 18 heavy (non-hydrogen) atoms. The summed E-state index contributed by atoms with van der Waals surface area (Å²) in [4.78, 5) is 0. The highest BCUT2D eigenvalue weighted by Gasteiger charge is 2.03. The van der Waals surface area contributed by atoms with Crippen LogP contribution in [0.1, 0.15) is 11.1 Å². The van der Waals surface area contributed by atoms with Gasteiger partial charge in [0, 0.05) is 10.5 Å². The lowest BCUT2D eigenvalue weighted by Crippen LogP contribution is -1.97. The number of benzene rings is 2. The van der Waals surface area contributed by atoms with Crippen molar-refractivity contribution in [3.8, 4) is 5.75 Å². The van der Waals surface area contributed by atoms with E-state index in [1.54, 1.807) is 25.1 Å². The van der Waals surface area contributed by atoms with Crippen LogP contribution in [0.3, 0.4) is 0 Å². The van der Waals surface area contributed by atoms with Crippen LogP contribution < -0.4 is 4.74 Å². The maximum atomic E-state index is 13.3. The quantitative estimate of drug-likeness (QED) is 0.804. The van der Waals surface area contributed by atoms with Gasteiger partial charge in [-0.25, -0.2) is 8.78 Å². The van der Waals surface area contributed by atoms with Gasteiger partial charge >= 0.3 is 0 Å². The van der Waals surface area contributed by atoms with Crippen molar-refractivity contribution in [2.24, 2.45) is 0 Å². The lowest BCUT2D eigenvalue weighted by atomic mass is 10.2. The fraction of sp³-hybridized carbons (Fsp3) is 0.143. The van der Waals surface area contributed by atoms with E-state index in [2.05, 4.69) is 15.9 Å². The van der Waals surface area contributed by atoms with Gasteiger partial charge in [0.1, 0.15) is 24.0 Å². The van der Waals surface area contributed by atoms with Crippen molar-refractivity contribution in [3.05, 3.63) is 63.6 Å². The Hall–Kier alpha value is -1.42. The Labute approximate surface area is 113 Å². The van der Waals surface area contributed by atoms with Crippen LogP contribution >= 0.6 is 15.9 Å². The minimum absolute atomic E-state index is 0.193. The number of hydrogen-bond acceptors (Lipinski definition) is 1. The zero-order valence-electron chi connectivity index (χ0n) is 9.71. The number of hydrogen-bond donors (Lipinski definition) is 0. The first-order valence-corrected chi connectivity index (χ1v) is 6.18. The normalized spacial score (nSPS) is 10.4. The second-order valence-corrected chi connectivity index (χ2v) is 4.89. The molecule has 0 fully saturated rings. The molecule has 2 rings (SSSR count). The molecular formula is C14H11BrF2O. The van der Waals surface area contributed by atoms with Crippen molar-refractivity contribution in [2.75, 3.05) is 0 Å². The summed E-state index contributed by atoms with van der Waals surface area (Å²) < 4.78 is 32.5. The summed E-state index contributed by atoms with van der Waals surface area (Å²) in [5.74, 6) is -0.218. The smallest absolute Gasteiger partial charge is 0.129 e. The van der Waals surface area contributed by atoms with Crippen LogP contribution in [0.4, 0.5) is 8.78 Å². The Morgan fingerprint density at radius 2 is 1.89 bits per heavy atom. The van der Waals surface area contributed by atoms with E-state index in [9.17, 15) is 8.78 Å². The average molecular weight is 313 g/mol. The van der Waals surface area contributed by atoms with Crippen LogP contribution in [0, 0.1) is 18.6 Å². The molecule has 0 atom stereocenters. The van der Waals surface area contributed by atoms with Crippen LogP contribution in [0.25, 0.3) is 0 Å². The molecule has 0 unspecified atom stereocenters. The van der Waals surface area contributed by atoms with Crippen molar-refractivity contribution in [1.82, 2.24) is 0 Å². The molecule has 0 saturated carbocycles. The highest BCUT2D eigenvalue weighted by molar-refractivity contribution is 9.10. The first-order valence-electron chi connectivity index (χ1n) is 5.38. The lowest BCUT2D eigenvalue weighted by Gasteiger charge is -2.08. The van der Waals surface area contributed by atoms with Gasteiger partial charge in [-0.1, -0.05) is 22.0 Å². The zero-order valence-corrected chi connectivity index (χ0v) is 11.3. The Balaban J connectivity index is 2.08. The van der Waals surface area contributed by atoms with Gasteiger partial charge in [-0.05, 0) is 42.3 Å². The van der Waals surface area contributed by atoms with Gasteiger partial charge in [-0.3, -0.25) is 0 Å². The number of halogens is 3. The van der Waals surface area contributed by atoms with Gasteiger partial charge in [0.15, 0.2) is 0 Å². The van der Waals surface area contributed by atoms with E-state index in [1.807, 2.05) is 0 Å². The zero-order chi connectivity index (χ0) is 13.1. The molecule has 1 nitrogen and oxygen atoms in total. The fourth-order valence-electron chi connectivity index (χ4n) is 1.52. The Morgan fingerprint density at radius 3 is 2.56 bits per heavy atom. The first-order chi connectivity index (χ1) is 8.54. The second kappa shape index (κ2) is 5.48. The van der Waals surface area contributed by atoms with Crippen LogP contribution in [-0.2, 0) is 6.61 Å². The minimum atomic E-state index is -0.335. The Bertz CT molecular complexity index is 549. The summed E-state index contributed by atoms with van der Waals surface area (Å²) in [5, 5.41) is 0. The number of ether oxygens (including phenoxy) is 1. The number of aryl methyl sites for hydroxylation is 1. The summed E-state index contributed by atoms with van der Waals surface area (Å²) >= 11 is 3.20. The molecule has 0 aliphatic heterocycles. The van der Waals surface area contributed by atoms with E-state index in [1.165, 1.54) is 18.2 Å². The van der Waals surface area contributed by atoms with Gasteiger partial charge in [0.25, 0.3) is 0 Å². The van der Waals surface area contributed by atoms with Crippen LogP contribution in [-0.4, -0.2) is 0 Å². The molecule has 94 valence electrons. The molecule has 2 aromatic carbocycles. The van der Waals surface area contributed by atoms with E-state index in [0.29, 0.717) is 21.3 Å². The molecule has 0 radical (unpaired) electrons. The van der Waals surface area contributed by atoms with E-state index < -0.39 is 0 Å². The van der Waals surface area contributed by atoms with Gasteiger partial charge in [-0.2, -0.15) is 0 Å². The molecule has 4 heteroatoms. The monoisotopic (exact) mass is 312 g/mol. The van der Waals surface area contributed by atoms with Crippen molar-refractivity contribution < 1.29 is 13.5 Å². The third kappa shape index (κ3) is 3.29. The third-order valence-corrected chi connectivity index (χ3v) is 2.93. The van der Waals surface area contributed by atoms with Gasteiger partial charge in [0.05, 0.1) is 0 Å². The molecule has 0 amide bonds. The van der Waals surface area contributed by atoms with Gasteiger partial charge in [-0.15, -0.1) is 0 Å². The highest BCUT2D eigenvalue weighted by atomic mass is 79.9. The molecule has 0 aliphatic carbocycles. The second-order valence-electron chi connectivity index (χ2n) is 3.98.